The molecule has 1 heterocycles. The summed E-state index contributed by atoms with van der Waals surface area (Å²) in [6.45, 7) is 0.432. The van der Waals surface area contributed by atoms with E-state index in [-0.39, 0.29) is 25.9 Å². The number of ether oxygens (including phenoxy) is 1. The molecule has 138 valence electrons. The molecule has 1 aliphatic heterocycles. The zero-order valence-corrected chi connectivity index (χ0v) is 13.4. The number of nitrogens with zero attached hydrogens (tertiary/aromatic N) is 1. The van der Waals surface area contributed by atoms with Crippen molar-refractivity contribution < 1.29 is 31.5 Å². The largest absolute Gasteiger partial charge is 0.476 e. The van der Waals surface area contributed by atoms with Crippen LogP contribution in [0, 0.1) is 29.1 Å². The average Bonchev–Trinajstić information content (AvgIpc) is 2.69. The zero-order chi connectivity index (χ0) is 18.9. The molecular formula is C18H14F5NO2. The lowest BCUT2D eigenvalue weighted by molar-refractivity contribution is -0.121. The highest BCUT2D eigenvalue weighted by Gasteiger charge is 2.41. The lowest BCUT2D eigenvalue weighted by Gasteiger charge is -2.41. The van der Waals surface area contributed by atoms with Crippen molar-refractivity contribution >= 4 is 6.41 Å². The summed E-state index contributed by atoms with van der Waals surface area (Å²) >= 11 is 0. The summed E-state index contributed by atoms with van der Waals surface area (Å²) < 4.78 is 73.9. The highest BCUT2D eigenvalue weighted by Crippen LogP contribution is 2.40. The summed E-state index contributed by atoms with van der Waals surface area (Å²) in [5.41, 5.74) is -0.798. The Kier molecular flexibility index (Phi) is 4.84. The van der Waals surface area contributed by atoms with Gasteiger partial charge in [0.25, 0.3) is 0 Å². The normalized spacial score (nSPS) is 16.4. The Bertz CT molecular complexity index is 791. The topological polar surface area (TPSA) is 29.5 Å². The molecular weight excluding hydrogens is 357 g/mol. The Hall–Kier alpha value is -2.64. The van der Waals surface area contributed by atoms with Gasteiger partial charge < -0.3 is 9.64 Å². The zero-order valence-electron chi connectivity index (χ0n) is 13.4. The molecule has 0 N–H and O–H groups in total. The van der Waals surface area contributed by atoms with Crippen molar-refractivity contribution in [2.75, 3.05) is 13.1 Å². The first-order valence-electron chi connectivity index (χ1n) is 7.85. The van der Waals surface area contributed by atoms with E-state index in [1.165, 1.54) is 4.90 Å². The second kappa shape index (κ2) is 6.93. The van der Waals surface area contributed by atoms with Gasteiger partial charge in [-0.1, -0.05) is 30.3 Å². The van der Waals surface area contributed by atoms with Crippen molar-refractivity contribution in [3.05, 3.63) is 65.0 Å². The first-order valence-corrected chi connectivity index (χ1v) is 7.85. The summed E-state index contributed by atoms with van der Waals surface area (Å²) in [6, 6.07) is 8.34. The van der Waals surface area contributed by atoms with Gasteiger partial charge in [-0.2, -0.15) is 8.78 Å². The smallest absolute Gasteiger partial charge is 0.209 e. The molecule has 3 nitrogen and oxygen atoms in total. The van der Waals surface area contributed by atoms with E-state index in [1.54, 1.807) is 30.3 Å². The van der Waals surface area contributed by atoms with Crippen LogP contribution in [0.1, 0.15) is 18.4 Å². The van der Waals surface area contributed by atoms with E-state index in [1.807, 2.05) is 0 Å². The van der Waals surface area contributed by atoms with Crippen molar-refractivity contribution in [2.24, 2.45) is 0 Å². The van der Waals surface area contributed by atoms with Crippen LogP contribution < -0.4 is 4.74 Å². The van der Waals surface area contributed by atoms with Gasteiger partial charge in [-0.05, 0) is 5.56 Å². The molecule has 2 aromatic rings. The van der Waals surface area contributed by atoms with Gasteiger partial charge in [0.1, 0.15) is 5.60 Å². The van der Waals surface area contributed by atoms with Crippen molar-refractivity contribution in [2.45, 2.75) is 18.4 Å². The second-order valence-electron chi connectivity index (χ2n) is 6.00. The molecule has 0 aromatic heterocycles. The van der Waals surface area contributed by atoms with E-state index in [2.05, 4.69) is 0 Å². The van der Waals surface area contributed by atoms with Crippen LogP contribution in [0.2, 0.25) is 0 Å². The van der Waals surface area contributed by atoms with Crippen LogP contribution in [-0.4, -0.2) is 24.4 Å². The van der Waals surface area contributed by atoms with E-state index in [4.69, 9.17) is 4.74 Å². The maximum absolute atomic E-state index is 14.1. The second-order valence-corrected chi connectivity index (χ2v) is 6.00. The Labute approximate surface area is 146 Å². The minimum Gasteiger partial charge on any atom is -0.476 e. The Balaban J connectivity index is 2.07. The van der Waals surface area contributed by atoms with E-state index < -0.39 is 40.4 Å². The monoisotopic (exact) mass is 371 g/mol. The highest BCUT2D eigenvalue weighted by atomic mass is 19.2. The van der Waals surface area contributed by atoms with Crippen LogP contribution in [0.3, 0.4) is 0 Å². The standard InChI is InChI=1S/C18H14F5NO2/c19-12-13(20)15(22)17(16(23)14(12)21)26-18(11-4-2-1-3-5-11)6-8-24(10-25)9-7-18/h1-5,10H,6-9H2. The molecule has 0 radical (unpaired) electrons. The van der Waals surface area contributed by atoms with Crippen molar-refractivity contribution in [1.82, 2.24) is 4.90 Å². The van der Waals surface area contributed by atoms with Gasteiger partial charge in [-0.15, -0.1) is 0 Å². The number of likely N-dealkylation sites (tertiary alicyclic amines) is 1. The molecule has 1 fully saturated rings. The van der Waals surface area contributed by atoms with Crippen LogP contribution in [0.25, 0.3) is 0 Å². The molecule has 26 heavy (non-hydrogen) atoms. The minimum absolute atomic E-state index is 0.134. The molecule has 1 saturated heterocycles. The van der Waals surface area contributed by atoms with Gasteiger partial charge in [0.15, 0.2) is 5.75 Å². The quantitative estimate of drug-likeness (QED) is 0.353. The number of carbonyl (C=O) groups excluding carboxylic acids is 1. The van der Waals surface area contributed by atoms with Crippen LogP contribution in [0.5, 0.6) is 5.75 Å². The van der Waals surface area contributed by atoms with Crippen LogP contribution in [0.15, 0.2) is 30.3 Å². The predicted molar refractivity (Wildman–Crippen MR) is 81.9 cm³/mol. The maximum atomic E-state index is 14.1. The number of piperidine rings is 1. The average molecular weight is 371 g/mol. The lowest BCUT2D eigenvalue weighted by Crippen LogP contribution is -2.46. The number of amides is 1. The summed E-state index contributed by atoms with van der Waals surface area (Å²) in [7, 11) is 0. The molecule has 0 bridgehead atoms. The first kappa shape index (κ1) is 18.2. The Morgan fingerprint density at radius 3 is 1.85 bits per heavy atom. The molecule has 0 saturated carbocycles. The van der Waals surface area contributed by atoms with Crippen molar-refractivity contribution in [1.29, 1.82) is 0 Å². The number of halogens is 5. The van der Waals surface area contributed by atoms with Gasteiger partial charge in [0.05, 0.1) is 0 Å². The van der Waals surface area contributed by atoms with E-state index in [9.17, 15) is 26.7 Å². The fraction of sp³-hybridized carbons (Fsp3) is 0.278. The summed E-state index contributed by atoms with van der Waals surface area (Å²) in [5.74, 6) is -11.7. The highest BCUT2D eigenvalue weighted by molar-refractivity contribution is 5.47. The van der Waals surface area contributed by atoms with Crippen LogP contribution >= 0.6 is 0 Å². The van der Waals surface area contributed by atoms with Crippen LogP contribution in [0.4, 0.5) is 22.0 Å². The number of carbonyl (C=O) groups is 1. The fourth-order valence-electron chi connectivity index (χ4n) is 3.05. The van der Waals surface area contributed by atoms with Gasteiger partial charge in [0, 0.05) is 25.9 Å². The van der Waals surface area contributed by atoms with E-state index >= 15 is 0 Å². The van der Waals surface area contributed by atoms with Crippen LogP contribution in [-0.2, 0) is 10.4 Å². The SMILES string of the molecule is O=CN1CCC(Oc2c(F)c(F)c(F)c(F)c2F)(c2ccccc2)CC1. The molecule has 0 atom stereocenters. The van der Waals surface area contributed by atoms with Crippen molar-refractivity contribution in [3.8, 4) is 5.75 Å². The summed E-state index contributed by atoms with van der Waals surface area (Å²) in [4.78, 5) is 12.4. The molecule has 1 amide bonds. The van der Waals surface area contributed by atoms with Gasteiger partial charge >= 0.3 is 0 Å². The molecule has 8 heteroatoms. The van der Waals surface area contributed by atoms with E-state index in [0.717, 1.165) is 0 Å². The number of benzene rings is 2. The molecule has 3 rings (SSSR count). The van der Waals surface area contributed by atoms with Gasteiger partial charge in [-0.3, -0.25) is 4.79 Å². The Morgan fingerprint density at radius 1 is 0.846 bits per heavy atom. The summed E-state index contributed by atoms with van der Waals surface area (Å²) in [6.07, 6.45) is 0.901. The molecule has 0 unspecified atom stereocenters. The lowest BCUT2D eigenvalue weighted by atomic mass is 9.84. The molecule has 2 aromatic carbocycles. The van der Waals surface area contributed by atoms with Gasteiger partial charge in [0.2, 0.25) is 35.5 Å². The number of hydrogen-bond donors (Lipinski definition) is 0. The predicted octanol–water partition coefficient (Wildman–Crippen LogP) is 3.91. The first-order chi connectivity index (χ1) is 12.4. The third-order valence-electron chi connectivity index (χ3n) is 4.52. The van der Waals surface area contributed by atoms with Gasteiger partial charge in [-0.25, -0.2) is 13.2 Å². The molecule has 0 spiro atoms. The third-order valence-corrected chi connectivity index (χ3v) is 4.52. The van der Waals surface area contributed by atoms with E-state index in [0.29, 0.717) is 12.0 Å². The fourth-order valence-corrected chi connectivity index (χ4v) is 3.05. The number of hydrogen-bond acceptors (Lipinski definition) is 2. The van der Waals surface area contributed by atoms with Crippen molar-refractivity contribution in [3.63, 3.8) is 0 Å². The Morgan fingerprint density at radius 2 is 1.35 bits per heavy atom. The third kappa shape index (κ3) is 3.00. The minimum atomic E-state index is -2.24. The maximum Gasteiger partial charge on any atom is 0.209 e. The number of rotatable bonds is 4. The summed E-state index contributed by atoms with van der Waals surface area (Å²) in [5, 5.41) is 0. The molecule has 1 aliphatic rings. The molecule has 0 aliphatic carbocycles.